The Bertz CT molecular complexity index is 589. The molecule has 0 aromatic rings. The lowest BCUT2D eigenvalue weighted by Crippen LogP contribution is -2.27. The highest BCUT2D eigenvalue weighted by Crippen LogP contribution is 2.46. The minimum Gasteiger partial charge on any atom is -0.457 e. The maximum atomic E-state index is 12.0. The number of phosphoric acid groups is 1. The van der Waals surface area contributed by atoms with Gasteiger partial charge in [0.05, 0.1) is 26.4 Å². The van der Waals surface area contributed by atoms with Crippen LogP contribution in [0.15, 0.2) is 0 Å². The minimum atomic E-state index is -4.50. The first-order valence-corrected chi connectivity index (χ1v) is 15.0. The van der Waals surface area contributed by atoms with Gasteiger partial charge in [-0.15, -0.1) is 0 Å². The summed E-state index contributed by atoms with van der Waals surface area (Å²) in [5.74, 6) is 1.42. The monoisotopic (exact) mass is 524 g/mol. The van der Waals surface area contributed by atoms with Gasteiger partial charge < -0.3 is 24.9 Å². The molecule has 0 saturated heterocycles. The van der Waals surface area contributed by atoms with E-state index in [9.17, 15) is 19.4 Å². The third-order valence-corrected chi connectivity index (χ3v) is 7.47. The quantitative estimate of drug-likeness (QED) is 0.0815. The summed E-state index contributed by atoms with van der Waals surface area (Å²) in [7, 11) is -4.50. The summed E-state index contributed by atoms with van der Waals surface area (Å²) in [4.78, 5) is 21.5. The van der Waals surface area contributed by atoms with Crippen molar-refractivity contribution in [3.63, 3.8) is 0 Å². The summed E-state index contributed by atoms with van der Waals surface area (Å²) in [6.45, 7) is -0.0477. The van der Waals surface area contributed by atoms with E-state index in [0.29, 0.717) is 6.42 Å². The molecule has 4 N–H and O–H groups in total. The fourth-order valence-corrected chi connectivity index (χ4v) is 5.02. The molecule has 0 amide bonds. The van der Waals surface area contributed by atoms with E-state index in [1.807, 2.05) is 0 Å². The Hall–Kier alpha value is -0.540. The van der Waals surface area contributed by atoms with Crippen LogP contribution < -0.4 is 0 Å². The Kier molecular flexibility index (Phi) is 18.2. The number of hydrogen-bond acceptors (Lipinski definition) is 8. The Balaban J connectivity index is 1.99. The van der Waals surface area contributed by atoms with Crippen molar-refractivity contribution in [1.82, 2.24) is 0 Å². The average Bonchev–Trinajstić information content (AvgIpc) is 3.59. The molecular formula is C25H49O9P. The van der Waals surface area contributed by atoms with Crippen LogP contribution in [0.3, 0.4) is 0 Å². The molecule has 5 atom stereocenters. The fourth-order valence-electron chi connectivity index (χ4n) is 4.23. The van der Waals surface area contributed by atoms with Crippen LogP contribution in [0.2, 0.25) is 0 Å². The van der Waals surface area contributed by atoms with Gasteiger partial charge in [-0.3, -0.25) is 13.8 Å². The lowest BCUT2D eigenvalue weighted by Gasteiger charge is -2.18. The summed E-state index contributed by atoms with van der Waals surface area (Å²) in [5.41, 5.74) is 0. The van der Waals surface area contributed by atoms with Crippen LogP contribution in [0.5, 0.6) is 0 Å². The second kappa shape index (κ2) is 19.6. The van der Waals surface area contributed by atoms with Crippen LogP contribution in [-0.4, -0.2) is 64.8 Å². The van der Waals surface area contributed by atoms with Crippen molar-refractivity contribution in [2.75, 3.05) is 26.4 Å². The molecule has 1 fully saturated rings. The summed E-state index contributed by atoms with van der Waals surface area (Å²) >= 11 is 0. The zero-order valence-corrected chi connectivity index (χ0v) is 22.4. The molecule has 1 saturated carbocycles. The van der Waals surface area contributed by atoms with E-state index in [1.165, 1.54) is 70.6 Å². The number of rotatable bonds is 24. The minimum absolute atomic E-state index is 0.218. The number of carbonyl (C=O) groups excluding carboxylic acids is 1. The smallest absolute Gasteiger partial charge is 0.457 e. The van der Waals surface area contributed by atoms with E-state index in [0.717, 1.165) is 24.7 Å². The first-order chi connectivity index (χ1) is 16.8. The average molecular weight is 525 g/mol. The van der Waals surface area contributed by atoms with Gasteiger partial charge in [0.1, 0.15) is 12.2 Å². The van der Waals surface area contributed by atoms with Crippen LogP contribution in [0.25, 0.3) is 0 Å². The van der Waals surface area contributed by atoms with Gasteiger partial charge in [0.15, 0.2) is 0 Å². The van der Waals surface area contributed by atoms with Crippen molar-refractivity contribution in [2.45, 2.75) is 115 Å². The van der Waals surface area contributed by atoms with Gasteiger partial charge in [-0.25, -0.2) is 4.57 Å². The zero-order valence-electron chi connectivity index (χ0n) is 21.5. The highest BCUT2D eigenvalue weighted by atomic mass is 31.2. The molecule has 0 aromatic heterocycles. The van der Waals surface area contributed by atoms with Gasteiger partial charge in [0.2, 0.25) is 0 Å². The Labute approximate surface area is 211 Å². The van der Waals surface area contributed by atoms with Crippen molar-refractivity contribution in [3.05, 3.63) is 0 Å². The molecule has 4 unspecified atom stereocenters. The molecule has 1 rings (SSSR count). The maximum Gasteiger partial charge on any atom is 0.472 e. The van der Waals surface area contributed by atoms with Crippen LogP contribution in [0.4, 0.5) is 0 Å². The largest absolute Gasteiger partial charge is 0.472 e. The number of aliphatic hydroxyl groups is 3. The van der Waals surface area contributed by atoms with Crippen molar-refractivity contribution < 1.29 is 43.4 Å². The highest BCUT2D eigenvalue weighted by molar-refractivity contribution is 7.47. The van der Waals surface area contributed by atoms with E-state index in [-0.39, 0.29) is 6.42 Å². The Morgan fingerprint density at radius 3 is 1.97 bits per heavy atom. The SMILES string of the molecule is CCCCCCCCC1CC1CCCCCCCC(=O)O[C@H](CO)COP(=O)(O)OCC(O)CO. The molecule has 0 aromatic carbocycles. The maximum absolute atomic E-state index is 12.0. The number of hydrogen-bond donors (Lipinski definition) is 4. The predicted octanol–water partition coefficient (Wildman–Crippen LogP) is 4.49. The molecule has 10 heteroatoms. The van der Waals surface area contributed by atoms with E-state index in [1.54, 1.807) is 0 Å². The molecule has 0 bridgehead atoms. The van der Waals surface area contributed by atoms with Crippen LogP contribution in [0.1, 0.15) is 103 Å². The molecule has 35 heavy (non-hydrogen) atoms. The summed E-state index contributed by atoms with van der Waals surface area (Å²) in [5, 5.41) is 27.1. The number of esters is 1. The molecule has 1 aliphatic rings. The van der Waals surface area contributed by atoms with Gasteiger partial charge in [0, 0.05) is 6.42 Å². The van der Waals surface area contributed by atoms with E-state index >= 15 is 0 Å². The van der Waals surface area contributed by atoms with Gasteiger partial charge in [-0.05, 0) is 24.7 Å². The summed E-state index contributed by atoms with van der Waals surface area (Å²) in [6.07, 6.45) is 15.4. The number of phosphoric ester groups is 1. The number of carbonyl (C=O) groups is 1. The lowest BCUT2D eigenvalue weighted by molar-refractivity contribution is -0.153. The fraction of sp³-hybridized carbons (Fsp3) is 0.960. The molecule has 208 valence electrons. The van der Waals surface area contributed by atoms with Gasteiger partial charge in [-0.2, -0.15) is 0 Å². The molecule has 0 heterocycles. The van der Waals surface area contributed by atoms with Crippen molar-refractivity contribution in [2.24, 2.45) is 11.8 Å². The first kappa shape index (κ1) is 32.5. The second-order valence-electron chi connectivity index (χ2n) is 9.81. The first-order valence-electron chi connectivity index (χ1n) is 13.5. The third-order valence-electron chi connectivity index (χ3n) is 6.52. The molecule has 0 aliphatic heterocycles. The van der Waals surface area contributed by atoms with Crippen molar-refractivity contribution >= 4 is 13.8 Å². The number of ether oxygens (including phenoxy) is 1. The third kappa shape index (κ3) is 17.5. The number of aliphatic hydroxyl groups excluding tert-OH is 3. The predicted molar refractivity (Wildman–Crippen MR) is 134 cm³/mol. The van der Waals surface area contributed by atoms with Gasteiger partial charge in [-0.1, -0.05) is 84.0 Å². The topological polar surface area (TPSA) is 143 Å². The van der Waals surface area contributed by atoms with Crippen molar-refractivity contribution in [1.29, 1.82) is 0 Å². The molecule has 0 spiro atoms. The van der Waals surface area contributed by atoms with E-state index < -0.39 is 52.4 Å². The van der Waals surface area contributed by atoms with E-state index in [2.05, 4.69) is 16.0 Å². The van der Waals surface area contributed by atoms with Gasteiger partial charge >= 0.3 is 13.8 Å². The standard InChI is InChI=1S/C25H49O9P/c1-2-3-4-5-7-10-13-21-16-22(21)14-11-8-6-9-12-15-25(29)34-24(18-27)20-33-35(30,31)32-19-23(28)17-26/h21-24,26-28H,2-20H2,1H3,(H,30,31)/t21?,22?,23?,24-/m1/s1. The Morgan fingerprint density at radius 2 is 1.40 bits per heavy atom. The molecule has 9 nitrogen and oxygen atoms in total. The second-order valence-corrected chi connectivity index (χ2v) is 11.3. The summed E-state index contributed by atoms with van der Waals surface area (Å²) in [6, 6.07) is 0. The van der Waals surface area contributed by atoms with Crippen LogP contribution in [-0.2, 0) is 23.1 Å². The normalized spacial score (nSPS) is 20.8. The highest BCUT2D eigenvalue weighted by Gasteiger charge is 2.35. The van der Waals surface area contributed by atoms with Crippen LogP contribution >= 0.6 is 7.82 Å². The lowest BCUT2D eigenvalue weighted by atomic mass is 10.0. The van der Waals surface area contributed by atoms with Crippen molar-refractivity contribution in [3.8, 4) is 0 Å². The zero-order chi connectivity index (χ0) is 25.9. The molecule has 0 radical (unpaired) electrons. The Morgan fingerprint density at radius 1 is 0.857 bits per heavy atom. The van der Waals surface area contributed by atoms with E-state index in [4.69, 9.17) is 14.9 Å². The number of unbranched alkanes of at least 4 members (excludes halogenated alkanes) is 9. The molecule has 1 aliphatic carbocycles. The molecular weight excluding hydrogens is 475 g/mol. The summed E-state index contributed by atoms with van der Waals surface area (Å²) < 4.78 is 26.0. The van der Waals surface area contributed by atoms with Gasteiger partial charge in [0.25, 0.3) is 0 Å². The van der Waals surface area contributed by atoms with Crippen LogP contribution in [0, 0.1) is 11.8 Å².